The Labute approximate surface area is 155 Å². The van der Waals surface area contributed by atoms with Gasteiger partial charge in [0.1, 0.15) is 0 Å². The van der Waals surface area contributed by atoms with E-state index in [2.05, 4.69) is 21.2 Å². The van der Waals surface area contributed by atoms with Crippen LogP contribution >= 0.6 is 27.7 Å². The third-order valence-corrected chi connectivity index (χ3v) is 6.13. The van der Waals surface area contributed by atoms with E-state index in [0.717, 1.165) is 4.47 Å². The predicted molar refractivity (Wildman–Crippen MR) is 97.8 cm³/mol. The predicted octanol–water partition coefficient (Wildman–Crippen LogP) is 3.03. The molecule has 0 bridgehead atoms. The highest BCUT2D eigenvalue weighted by atomic mass is 79.9. The smallest absolute Gasteiger partial charge is 0.335 e. The van der Waals surface area contributed by atoms with Crippen molar-refractivity contribution in [2.45, 2.75) is 4.87 Å². The molecule has 0 saturated carbocycles. The van der Waals surface area contributed by atoms with Crippen molar-refractivity contribution in [3.05, 3.63) is 58.1 Å². The number of thioether (sulfide) groups is 1. The van der Waals surface area contributed by atoms with Gasteiger partial charge in [0, 0.05) is 21.4 Å². The lowest BCUT2D eigenvalue weighted by atomic mass is 10.0. The summed E-state index contributed by atoms with van der Waals surface area (Å²) >= 11 is 4.68. The van der Waals surface area contributed by atoms with Crippen molar-refractivity contribution >= 4 is 56.9 Å². The zero-order valence-corrected chi connectivity index (χ0v) is 15.1. The summed E-state index contributed by atoms with van der Waals surface area (Å²) in [5.74, 6) is -1.36. The van der Waals surface area contributed by atoms with Gasteiger partial charge in [0.25, 0.3) is 5.91 Å². The number of hydrogen-bond donors (Lipinski definition) is 2. The van der Waals surface area contributed by atoms with Gasteiger partial charge < -0.3 is 10.4 Å². The Kier molecular flexibility index (Phi) is 3.62. The fourth-order valence-electron chi connectivity index (χ4n) is 3.15. The second kappa shape index (κ2) is 5.60. The lowest BCUT2D eigenvalue weighted by Gasteiger charge is -2.32. The van der Waals surface area contributed by atoms with E-state index in [0.29, 0.717) is 16.9 Å². The third kappa shape index (κ3) is 2.28. The first-order valence-electron chi connectivity index (χ1n) is 7.35. The summed E-state index contributed by atoms with van der Waals surface area (Å²) in [4.78, 5) is 36.8. The number of carboxylic acids is 1. The quantitative estimate of drug-likeness (QED) is 0.782. The van der Waals surface area contributed by atoms with Crippen LogP contribution in [-0.4, -0.2) is 28.6 Å². The molecule has 4 rings (SSSR count). The first kappa shape index (κ1) is 16.2. The van der Waals surface area contributed by atoms with Crippen LogP contribution in [-0.2, 0) is 14.5 Å². The Morgan fingerprint density at radius 3 is 2.60 bits per heavy atom. The summed E-state index contributed by atoms with van der Waals surface area (Å²) in [5, 5.41) is 11.9. The molecule has 2 N–H and O–H groups in total. The van der Waals surface area contributed by atoms with Crippen molar-refractivity contribution in [3.8, 4) is 0 Å². The van der Waals surface area contributed by atoms with Crippen molar-refractivity contribution in [2.75, 3.05) is 16.0 Å². The van der Waals surface area contributed by atoms with Crippen LogP contribution in [0.2, 0.25) is 0 Å². The highest BCUT2D eigenvalue weighted by Crippen LogP contribution is 2.54. The minimum Gasteiger partial charge on any atom is -0.478 e. The van der Waals surface area contributed by atoms with Gasteiger partial charge >= 0.3 is 5.97 Å². The maximum absolute atomic E-state index is 12.8. The molecular formula is C17H11BrN2O4S. The van der Waals surface area contributed by atoms with Gasteiger partial charge in [-0.3, -0.25) is 14.5 Å². The molecule has 2 aliphatic heterocycles. The number of rotatable bonds is 2. The molecule has 2 aromatic carbocycles. The lowest BCUT2D eigenvalue weighted by Crippen LogP contribution is -2.47. The lowest BCUT2D eigenvalue weighted by molar-refractivity contribution is -0.122. The minimum atomic E-state index is -1.18. The molecule has 1 fully saturated rings. The summed E-state index contributed by atoms with van der Waals surface area (Å²) in [6.07, 6.45) is 0. The average Bonchev–Trinajstić information content (AvgIpc) is 3.07. The van der Waals surface area contributed by atoms with E-state index in [4.69, 9.17) is 5.11 Å². The van der Waals surface area contributed by atoms with Gasteiger partial charge in [0.2, 0.25) is 10.8 Å². The molecule has 0 radical (unpaired) electrons. The molecule has 1 unspecified atom stereocenters. The molecule has 2 heterocycles. The second-order valence-corrected chi connectivity index (χ2v) is 7.74. The molecule has 126 valence electrons. The van der Waals surface area contributed by atoms with E-state index in [1.165, 1.54) is 28.8 Å². The van der Waals surface area contributed by atoms with Crippen LogP contribution in [0.4, 0.5) is 11.4 Å². The fourth-order valence-corrected chi connectivity index (χ4v) is 4.82. The van der Waals surface area contributed by atoms with E-state index < -0.39 is 10.8 Å². The molecule has 0 aromatic heterocycles. The number of anilines is 2. The number of carbonyl (C=O) groups excluding carboxylic acids is 2. The summed E-state index contributed by atoms with van der Waals surface area (Å²) in [7, 11) is 0. The van der Waals surface area contributed by atoms with E-state index in [1.54, 1.807) is 18.2 Å². The van der Waals surface area contributed by atoms with Crippen molar-refractivity contribution in [1.29, 1.82) is 0 Å². The minimum absolute atomic E-state index is 0.121. The monoisotopic (exact) mass is 418 g/mol. The Balaban J connectivity index is 1.87. The Hall–Kier alpha value is -2.32. The van der Waals surface area contributed by atoms with E-state index in [9.17, 15) is 14.4 Å². The number of benzene rings is 2. The van der Waals surface area contributed by atoms with Crippen LogP contribution < -0.4 is 10.2 Å². The standard InChI is InChI=1S/C17H11BrN2O4S/c18-10-3-6-13-12(7-10)17(16(24)19-13)20(14(21)8-25-17)11-4-1-9(2-5-11)15(22)23/h1-7H,8H2,(H,19,24)(H,22,23). The maximum Gasteiger partial charge on any atom is 0.335 e. The van der Waals surface area contributed by atoms with E-state index in [-0.39, 0.29) is 23.1 Å². The van der Waals surface area contributed by atoms with Crippen LogP contribution in [0.5, 0.6) is 0 Å². The highest BCUT2D eigenvalue weighted by molar-refractivity contribution is 9.10. The first-order valence-corrected chi connectivity index (χ1v) is 9.13. The molecule has 2 amide bonds. The van der Waals surface area contributed by atoms with Gasteiger partial charge in [0.15, 0.2) is 0 Å². The van der Waals surface area contributed by atoms with Crippen LogP contribution in [0.1, 0.15) is 15.9 Å². The number of fused-ring (bicyclic) bond motifs is 2. The molecule has 2 aliphatic rings. The zero-order chi connectivity index (χ0) is 17.8. The Bertz CT molecular complexity index is 931. The number of carboxylic acid groups (broad SMARTS) is 1. The largest absolute Gasteiger partial charge is 0.478 e. The van der Waals surface area contributed by atoms with Crippen molar-refractivity contribution < 1.29 is 19.5 Å². The van der Waals surface area contributed by atoms with Gasteiger partial charge in [-0.25, -0.2) is 4.79 Å². The fraction of sp³-hybridized carbons (Fsp3) is 0.118. The number of aromatic carboxylic acids is 1. The van der Waals surface area contributed by atoms with Crippen LogP contribution in [0.3, 0.4) is 0 Å². The molecular weight excluding hydrogens is 408 g/mol. The summed E-state index contributed by atoms with van der Waals surface area (Å²) in [5.41, 5.74) is 1.99. The molecule has 1 spiro atoms. The SMILES string of the molecule is O=C(O)c1ccc(N2C(=O)CSC23C(=O)Nc2ccc(Br)cc23)cc1. The molecule has 1 saturated heterocycles. The van der Waals surface area contributed by atoms with Gasteiger partial charge in [-0.2, -0.15) is 0 Å². The van der Waals surface area contributed by atoms with E-state index in [1.807, 2.05) is 12.1 Å². The molecule has 1 atom stereocenters. The maximum atomic E-state index is 12.8. The van der Waals surface area contributed by atoms with Crippen LogP contribution in [0.15, 0.2) is 46.9 Å². The van der Waals surface area contributed by atoms with Gasteiger partial charge in [-0.15, -0.1) is 11.8 Å². The van der Waals surface area contributed by atoms with Crippen LogP contribution in [0, 0.1) is 0 Å². The van der Waals surface area contributed by atoms with E-state index >= 15 is 0 Å². The van der Waals surface area contributed by atoms with Gasteiger partial charge in [-0.1, -0.05) is 15.9 Å². The normalized spacial score (nSPS) is 21.6. The number of hydrogen-bond acceptors (Lipinski definition) is 4. The number of halogens is 1. The Morgan fingerprint density at radius 1 is 1.20 bits per heavy atom. The Morgan fingerprint density at radius 2 is 1.92 bits per heavy atom. The molecule has 6 nitrogen and oxygen atoms in total. The summed E-state index contributed by atoms with van der Waals surface area (Å²) in [6.45, 7) is 0. The van der Waals surface area contributed by atoms with Gasteiger partial charge in [0.05, 0.1) is 11.3 Å². The number of carbonyl (C=O) groups is 3. The number of nitrogens with zero attached hydrogens (tertiary/aromatic N) is 1. The average molecular weight is 419 g/mol. The topological polar surface area (TPSA) is 86.7 Å². The van der Waals surface area contributed by atoms with Gasteiger partial charge in [-0.05, 0) is 42.5 Å². The van der Waals surface area contributed by atoms with Crippen molar-refractivity contribution in [3.63, 3.8) is 0 Å². The zero-order valence-electron chi connectivity index (χ0n) is 12.7. The number of amides is 2. The molecule has 25 heavy (non-hydrogen) atoms. The van der Waals surface area contributed by atoms with Crippen molar-refractivity contribution in [2.24, 2.45) is 0 Å². The first-order chi connectivity index (χ1) is 11.9. The molecule has 0 aliphatic carbocycles. The summed E-state index contributed by atoms with van der Waals surface area (Å²) < 4.78 is 0.809. The van der Waals surface area contributed by atoms with Crippen LogP contribution in [0.25, 0.3) is 0 Å². The molecule has 2 aromatic rings. The summed E-state index contributed by atoms with van der Waals surface area (Å²) in [6, 6.07) is 11.4. The second-order valence-electron chi connectivity index (χ2n) is 5.66. The number of nitrogens with one attached hydrogen (secondary N) is 1. The third-order valence-electron chi connectivity index (χ3n) is 4.24. The molecule has 8 heteroatoms. The van der Waals surface area contributed by atoms with Crippen molar-refractivity contribution in [1.82, 2.24) is 0 Å². The highest BCUT2D eigenvalue weighted by Gasteiger charge is 2.58.